The standard InChI is InChI=1S/C25H28N2O3/c1-5-30-25(29)21-16-23(20-9-7-6-8-10-20)27(19(21)4)14-13-24(28)26-22-15-17(2)11-12-18(22)3/h6-12,15-16H,5,13-14H2,1-4H3,(H,26,28). The fourth-order valence-electron chi connectivity index (χ4n) is 3.49. The summed E-state index contributed by atoms with van der Waals surface area (Å²) in [7, 11) is 0. The molecule has 156 valence electrons. The molecule has 1 amide bonds. The van der Waals surface area contributed by atoms with Gasteiger partial charge < -0.3 is 14.6 Å². The molecule has 0 saturated carbocycles. The van der Waals surface area contributed by atoms with Crippen molar-refractivity contribution in [2.75, 3.05) is 11.9 Å². The average Bonchev–Trinajstić information content (AvgIpc) is 3.06. The van der Waals surface area contributed by atoms with E-state index in [1.165, 1.54) is 0 Å². The van der Waals surface area contributed by atoms with E-state index in [1.54, 1.807) is 6.92 Å². The molecular formula is C25H28N2O3. The Morgan fingerprint density at radius 1 is 1.00 bits per heavy atom. The first kappa shape index (κ1) is 21.4. The van der Waals surface area contributed by atoms with Crippen molar-refractivity contribution in [3.63, 3.8) is 0 Å². The van der Waals surface area contributed by atoms with Crippen molar-refractivity contribution in [2.45, 2.75) is 40.7 Å². The number of amides is 1. The molecule has 5 heteroatoms. The highest BCUT2D eigenvalue weighted by molar-refractivity contribution is 5.93. The summed E-state index contributed by atoms with van der Waals surface area (Å²) in [6, 6.07) is 17.7. The van der Waals surface area contributed by atoms with E-state index in [0.29, 0.717) is 25.1 Å². The van der Waals surface area contributed by atoms with Crippen LogP contribution in [-0.2, 0) is 16.1 Å². The number of aryl methyl sites for hydroxylation is 2. The molecule has 2 aromatic carbocycles. The van der Waals surface area contributed by atoms with Crippen LogP contribution in [0, 0.1) is 20.8 Å². The van der Waals surface area contributed by atoms with Crippen molar-refractivity contribution in [3.05, 3.63) is 77.0 Å². The van der Waals surface area contributed by atoms with Gasteiger partial charge in [0.1, 0.15) is 0 Å². The summed E-state index contributed by atoms with van der Waals surface area (Å²) < 4.78 is 7.23. The minimum atomic E-state index is -0.342. The predicted octanol–water partition coefficient (Wildman–Crippen LogP) is 5.29. The van der Waals surface area contributed by atoms with Crippen molar-refractivity contribution < 1.29 is 14.3 Å². The fraction of sp³-hybridized carbons (Fsp3) is 0.280. The van der Waals surface area contributed by atoms with Crippen molar-refractivity contribution in [2.24, 2.45) is 0 Å². The molecule has 0 atom stereocenters. The molecule has 5 nitrogen and oxygen atoms in total. The summed E-state index contributed by atoms with van der Waals surface area (Å²) in [4.78, 5) is 25.0. The molecule has 0 aliphatic rings. The molecule has 0 fully saturated rings. The highest BCUT2D eigenvalue weighted by Crippen LogP contribution is 2.27. The van der Waals surface area contributed by atoms with Gasteiger partial charge in [-0.05, 0) is 56.5 Å². The number of carbonyl (C=O) groups is 2. The third-order valence-corrected chi connectivity index (χ3v) is 5.16. The first-order valence-corrected chi connectivity index (χ1v) is 10.2. The Kier molecular flexibility index (Phi) is 6.72. The van der Waals surface area contributed by atoms with Gasteiger partial charge in [-0.15, -0.1) is 0 Å². The average molecular weight is 405 g/mol. The van der Waals surface area contributed by atoms with Gasteiger partial charge in [-0.1, -0.05) is 42.5 Å². The molecule has 0 saturated heterocycles. The Bertz CT molecular complexity index is 1050. The lowest BCUT2D eigenvalue weighted by Crippen LogP contribution is -2.16. The zero-order valence-corrected chi connectivity index (χ0v) is 18.0. The van der Waals surface area contributed by atoms with Crippen LogP contribution in [0.25, 0.3) is 11.3 Å². The van der Waals surface area contributed by atoms with Gasteiger partial charge in [0.2, 0.25) is 5.91 Å². The first-order valence-electron chi connectivity index (χ1n) is 10.2. The molecule has 0 aliphatic carbocycles. The molecule has 30 heavy (non-hydrogen) atoms. The van der Waals surface area contributed by atoms with E-state index < -0.39 is 0 Å². The zero-order valence-electron chi connectivity index (χ0n) is 18.0. The fourth-order valence-corrected chi connectivity index (χ4v) is 3.49. The van der Waals surface area contributed by atoms with E-state index in [9.17, 15) is 9.59 Å². The maximum atomic E-state index is 12.6. The quantitative estimate of drug-likeness (QED) is 0.545. The first-order chi connectivity index (χ1) is 14.4. The molecule has 0 aliphatic heterocycles. The molecule has 0 unspecified atom stereocenters. The number of hydrogen-bond donors (Lipinski definition) is 1. The minimum Gasteiger partial charge on any atom is -0.462 e. The van der Waals surface area contributed by atoms with E-state index in [4.69, 9.17) is 4.74 Å². The predicted molar refractivity (Wildman–Crippen MR) is 120 cm³/mol. The van der Waals surface area contributed by atoms with Crippen molar-refractivity contribution in [1.82, 2.24) is 4.57 Å². The molecule has 1 heterocycles. The smallest absolute Gasteiger partial charge is 0.339 e. The Morgan fingerprint density at radius 2 is 1.73 bits per heavy atom. The van der Waals surface area contributed by atoms with E-state index >= 15 is 0 Å². The third kappa shape index (κ3) is 4.79. The molecule has 1 aromatic heterocycles. The van der Waals surface area contributed by atoms with E-state index in [2.05, 4.69) is 5.32 Å². The topological polar surface area (TPSA) is 60.3 Å². The van der Waals surface area contributed by atoms with Crippen LogP contribution in [0.15, 0.2) is 54.6 Å². The van der Waals surface area contributed by atoms with Crippen LogP contribution in [0.1, 0.15) is 40.5 Å². The van der Waals surface area contributed by atoms with Gasteiger partial charge in [0.25, 0.3) is 0 Å². The lowest BCUT2D eigenvalue weighted by atomic mass is 10.1. The van der Waals surface area contributed by atoms with Gasteiger partial charge in [0, 0.05) is 30.0 Å². The van der Waals surface area contributed by atoms with E-state index in [0.717, 1.165) is 33.8 Å². The summed E-state index contributed by atoms with van der Waals surface area (Å²) in [5.74, 6) is -0.403. The number of carbonyl (C=O) groups excluding carboxylic acids is 2. The molecule has 0 radical (unpaired) electrons. The second-order valence-corrected chi connectivity index (χ2v) is 7.38. The van der Waals surface area contributed by atoms with Crippen LogP contribution in [0.2, 0.25) is 0 Å². The number of ether oxygens (including phenoxy) is 1. The number of nitrogens with one attached hydrogen (secondary N) is 1. The Balaban J connectivity index is 1.84. The van der Waals surface area contributed by atoms with Crippen LogP contribution < -0.4 is 5.32 Å². The largest absolute Gasteiger partial charge is 0.462 e. The lowest BCUT2D eigenvalue weighted by molar-refractivity contribution is -0.116. The molecular weight excluding hydrogens is 376 g/mol. The summed E-state index contributed by atoms with van der Waals surface area (Å²) >= 11 is 0. The second-order valence-electron chi connectivity index (χ2n) is 7.38. The van der Waals surface area contributed by atoms with Crippen LogP contribution in [0.5, 0.6) is 0 Å². The number of benzene rings is 2. The van der Waals surface area contributed by atoms with Gasteiger partial charge in [0.15, 0.2) is 0 Å². The summed E-state index contributed by atoms with van der Waals surface area (Å²) in [6.45, 7) is 8.45. The second kappa shape index (κ2) is 9.44. The van der Waals surface area contributed by atoms with Crippen LogP contribution in [0.3, 0.4) is 0 Å². The molecule has 3 aromatic rings. The Hall–Kier alpha value is -3.34. The van der Waals surface area contributed by atoms with Gasteiger partial charge in [-0.25, -0.2) is 4.79 Å². The molecule has 1 N–H and O–H groups in total. The Labute approximate surface area is 177 Å². The normalized spacial score (nSPS) is 10.7. The van der Waals surface area contributed by atoms with Crippen molar-refractivity contribution >= 4 is 17.6 Å². The van der Waals surface area contributed by atoms with Gasteiger partial charge in [0.05, 0.1) is 12.2 Å². The maximum absolute atomic E-state index is 12.6. The van der Waals surface area contributed by atoms with Crippen molar-refractivity contribution in [3.8, 4) is 11.3 Å². The highest BCUT2D eigenvalue weighted by atomic mass is 16.5. The van der Waals surface area contributed by atoms with E-state index in [1.807, 2.05) is 79.9 Å². The van der Waals surface area contributed by atoms with E-state index in [-0.39, 0.29) is 11.9 Å². The molecule has 3 rings (SSSR count). The number of anilines is 1. The van der Waals surface area contributed by atoms with Gasteiger partial charge in [-0.2, -0.15) is 0 Å². The van der Waals surface area contributed by atoms with Crippen LogP contribution >= 0.6 is 0 Å². The third-order valence-electron chi connectivity index (χ3n) is 5.16. The molecule has 0 bridgehead atoms. The van der Waals surface area contributed by atoms with Crippen LogP contribution in [-0.4, -0.2) is 23.1 Å². The monoisotopic (exact) mass is 404 g/mol. The summed E-state index contributed by atoms with van der Waals surface area (Å²) in [6.07, 6.45) is 0.297. The number of aromatic nitrogens is 1. The SMILES string of the molecule is CCOC(=O)c1cc(-c2ccccc2)n(CCC(=O)Nc2cc(C)ccc2C)c1C. The molecule has 0 spiro atoms. The number of rotatable bonds is 7. The van der Waals surface area contributed by atoms with Gasteiger partial charge in [-0.3, -0.25) is 4.79 Å². The minimum absolute atomic E-state index is 0.0616. The maximum Gasteiger partial charge on any atom is 0.339 e. The summed E-state index contributed by atoms with van der Waals surface area (Å²) in [5.41, 5.74) is 6.18. The Morgan fingerprint density at radius 3 is 2.43 bits per heavy atom. The number of hydrogen-bond acceptors (Lipinski definition) is 3. The number of nitrogens with zero attached hydrogens (tertiary/aromatic N) is 1. The van der Waals surface area contributed by atoms with Crippen LogP contribution in [0.4, 0.5) is 5.69 Å². The lowest BCUT2D eigenvalue weighted by Gasteiger charge is -2.13. The number of esters is 1. The van der Waals surface area contributed by atoms with Gasteiger partial charge >= 0.3 is 5.97 Å². The highest BCUT2D eigenvalue weighted by Gasteiger charge is 2.20. The van der Waals surface area contributed by atoms with Crippen molar-refractivity contribution in [1.29, 1.82) is 0 Å². The zero-order chi connectivity index (χ0) is 21.7. The summed E-state index contributed by atoms with van der Waals surface area (Å²) in [5, 5.41) is 3.01.